The molecule has 2 heterocycles. The molecule has 120 valence electrons. The third-order valence-electron chi connectivity index (χ3n) is 3.74. The number of nitrogens with zero attached hydrogens (tertiary/aromatic N) is 4. The molecule has 2 aromatic heterocycles. The lowest BCUT2D eigenvalue weighted by molar-refractivity contribution is -0.122. The van der Waals surface area contributed by atoms with Crippen LogP contribution < -0.4 is 5.32 Å². The van der Waals surface area contributed by atoms with E-state index in [1.807, 2.05) is 37.8 Å². The quantitative estimate of drug-likeness (QED) is 0.853. The third kappa shape index (κ3) is 3.76. The summed E-state index contributed by atoms with van der Waals surface area (Å²) in [4.78, 5) is 12.1. The van der Waals surface area contributed by atoms with E-state index in [9.17, 15) is 4.79 Å². The average Bonchev–Trinajstić information content (AvgIpc) is 2.99. The second kappa shape index (κ2) is 7.09. The predicted octanol–water partition coefficient (Wildman–Crippen LogP) is 2.75. The summed E-state index contributed by atoms with van der Waals surface area (Å²) in [5, 5.41) is 11.7. The SMILES string of the molecule is CCn1ncc([C@@H](C)NC(=O)CCn2cc(Br)c(C)n2)c1C. The van der Waals surface area contributed by atoms with Gasteiger partial charge in [-0.2, -0.15) is 10.2 Å². The Kier molecular flexibility index (Phi) is 5.39. The predicted molar refractivity (Wildman–Crippen MR) is 88.5 cm³/mol. The summed E-state index contributed by atoms with van der Waals surface area (Å²) >= 11 is 3.42. The molecular weight excluding hydrogens is 346 g/mol. The summed E-state index contributed by atoms with van der Waals surface area (Å²) in [6, 6.07) is -0.0427. The summed E-state index contributed by atoms with van der Waals surface area (Å²) in [7, 11) is 0. The molecule has 0 unspecified atom stereocenters. The molecular formula is C15H22BrN5O. The van der Waals surface area contributed by atoms with Crippen LogP contribution in [0, 0.1) is 13.8 Å². The van der Waals surface area contributed by atoms with Crippen LogP contribution in [0.25, 0.3) is 0 Å². The van der Waals surface area contributed by atoms with Crippen molar-refractivity contribution in [3.63, 3.8) is 0 Å². The van der Waals surface area contributed by atoms with Gasteiger partial charge in [-0.05, 0) is 43.6 Å². The summed E-state index contributed by atoms with van der Waals surface area (Å²) in [6.07, 6.45) is 4.12. The Morgan fingerprint density at radius 2 is 2.18 bits per heavy atom. The van der Waals surface area contributed by atoms with Gasteiger partial charge < -0.3 is 5.32 Å². The van der Waals surface area contributed by atoms with E-state index in [4.69, 9.17) is 0 Å². The monoisotopic (exact) mass is 367 g/mol. The largest absolute Gasteiger partial charge is 0.349 e. The highest BCUT2D eigenvalue weighted by Gasteiger charge is 2.15. The maximum Gasteiger partial charge on any atom is 0.222 e. The van der Waals surface area contributed by atoms with Crippen molar-refractivity contribution in [2.75, 3.05) is 0 Å². The lowest BCUT2D eigenvalue weighted by Gasteiger charge is -2.14. The number of aromatic nitrogens is 4. The van der Waals surface area contributed by atoms with Crippen molar-refractivity contribution in [2.24, 2.45) is 0 Å². The van der Waals surface area contributed by atoms with Crippen LogP contribution in [0.4, 0.5) is 0 Å². The summed E-state index contributed by atoms with van der Waals surface area (Å²) < 4.78 is 4.68. The maximum absolute atomic E-state index is 12.1. The molecule has 1 atom stereocenters. The van der Waals surface area contributed by atoms with Gasteiger partial charge in [-0.15, -0.1) is 0 Å². The zero-order chi connectivity index (χ0) is 16.3. The van der Waals surface area contributed by atoms with Crippen molar-refractivity contribution in [3.8, 4) is 0 Å². The molecule has 1 amide bonds. The van der Waals surface area contributed by atoms with Gasteiger partial charge in [0, 0.05) is 37.0 Å². The second-order valence-corrected chi connectivity index (χ2v) is 6.22. The number of rotatable bonds is 6. The minimum Gasteiger partial charge on any atom is -0.349 e. The number of amides is 1. The van der Waals surface area contributed by atoms with E-state index < -0.39 is 0 Å². The fourth-order valence-corrected chi connectivity index (χ4v) is 2.74. The Balaban J connectivity index is 1.89. The van der Waals surface area contributed by atoms with Crippen LogP contribution in [0.3, 0.4) is 0 Å². The zero-order valence-electron chi connectivity index (χ0n) is 13.4. The van der Waals surface area contributed by atoms with E-state index in [0.29, 0.717) is 13.0 Å². The van der Waals surface area contributed by atoms with E-state index >= 15 is 0 Å². The Morgan fingerprint density at radius 1 is 1.45 bits per heavy atom. The number of carbonyl (C=O) groups excluding carboxylic acids is 1. The van der Waals surface area contributed by atoms with Crippen molar-refractivity contribution < 1.29 is 4.79 Å². The lowest BCUT2D eigenvalue weighted by atomic mass is 10.1. The summed E-state index contributed by atoms with van der Waals surface area (Å²) in [5.41, 5.74) is 3.09. The van der Waals surface area contributed by atoms with Gasteiger partial charge in [0.2, 0.25) is 5.91 Å². The number of nitrogens with one attached hydrogen (secondary N) is 1. The topological polar surface area (TPSA) is 64.7 Å². The first kappa shape index (κ1) is 16.7. The van der Waals surface area contributed by atoms with Crippen LogP contribution >= 0.6 is 15.9 Å². The Bertz CT molecular complexity index is 641. The van der Waals surface area contributed by atoms with Crippen LogP contribution in [-0.2, 0) is 17.9 Å². The van der Waals surface area contributed by atoms with Gasteiger partial charge in [-0.3, -0.25) is 14.2 Å². The number of carbonyl (C=O) groups is 1. The fraction of sp³-hybridized carbons (Fsp3) is 0.533. The van der Waals surface area contributed by atoms with Gasteiger partial charge in [-0.25, -0.2) is 0 Å². The highest BCUT2D eigenvalue weighted by Crippen LogP contribution is 2.17. The molecule has 0 fully saturated rings. The first-order valence-corrected chi connectivity index (χ1v) is 8.22. The van der Waals surface area contributed by atoms with Crippen molar-refractivity contribution >= 4 is 21.8 Å². The highest BCUT2D eigenvalue weighted by molar-refractivity contribution is 9.10. The van der Waals surface area contributed by atoms with E-state index in [1.165, 1.54) is 0 Å². The second-order valence-electron chi connectivity index (χ2n) is 5.37. The standard InChI is InChI=1S/C15H22BrN5O/c1-5-21-12(4)13(8-17-21)10(2)18-15(22)6-7-20-9-14(16)11(3)19-20/h8-10H,5-7H2,1-4H3,(H,18,22)/t10-/m1/s1. The zero-order valence-corrected chi connectivity index (χ0v) is 15.0. The highest BCUT2D eigenvalue weighted by atomic mass is 79.9. The Labute approximate surface area is 139 Å². The van der Waals surface area contributed by atoms with Gasteiger partial charge in [0.25, 0.3) is 0 Å². The summed E-state index contributed by atoms with van der Waals surface area (Å²) in [6.45, 7) is 9.39. The molecule has 0 bridgehead atoms. The fourth-order valence-electron chi connectivity index (χ4n) is 2.42. The van der Waals surface area contributed by atoms with Crippen LogP contribution in [0.5, 0.6) is 0 Å². The van der Waals surface area contributed by atoms with Crippen molar-refractivity contribution in [1.29, 1.82) is 0 Å². The molecule has 0 aliphatic heterocycles. The number of halogens is 1. The van der Waals surface area contributed by atoms with Crippen molar-refractivity contribution in [2.45, 2.75) is 53.2 Å². The third-order valence-corrected chi connectivity index (χ3v) is 4.52. The molecule has 2 rings (SSSR count). The Hall–Kier alpha value is -1.63. The first-order valence-electron chi connectivity index (χ1n) is 7.43. The van der Waals surface area contributed by atoms with E-state index in [-0.39, 0.29) is 11.9 Å². The molecule has 0 radical (unpaired) electrons. The van der Waals surface area contributed by atoms with E-state index in [1.54, 1.807) is 4.68 Å². The minimum atomic E-state index is -0.0427. The molecule has 0 spiro atoms. The van der Waals surface area contributed by atoms with Crippen LogP contribution in [0.15, 0.2) is 16.9 Å². The van der Waals surface area contributed by atoms with Gasteiger partial charge in [-0.1, -0.05) is 0 Å². The molecule has 0 aromatic carbocycles. The lowest BCUT2D eigenvalue weighted by Crippen LogP contribution is -2.27. The summed E-state index contributed by atoms with van der Waals surface area (Å²) in [5.74, 6) is 0.0143. The van der Waals surface area contributed by atoms with Crippen LogP contribution in [-0.4, -0.2) is 25.5 Å². The van der Waals surface area contributed by atoms with E-state index in [2.05, 4.69) is 38.4 Å². The number of hydrogen-bond acceptors (Lipinski definition) is 3. The normalized spacial score (nSPS) is 12.4. The molecule has 1 N–H and O–H groups in total. The molecule has 22 heavy (non-hydrogen) atoms. The minimum absolute atomic E-state index is 0.0143. The van der Waals surface area contributed by atoms with Crippen molar-refractivity contribution in [3.05, 3.63) is 33.8 Å². The average molecular weight is 368 g/mol. The molecule has 2 aromatic rings. The maximum atomic E-state index is 12.1. The van der Waals surface area contributed by atoms with Gasteiger partial charge in [0.15, 0.2) is 0 Å². The Morgan fingerprint density at radius 3 is 2.73 bits per heavy atom. The molecule has 0 aliphatic rings. The van der Waals surface area contributed by atoms with Gasteiger partial charge in [0.05, 0.1) is 22.4 Å². The number of aryl methyl sites for hydroxylation is 3. The van der Waals surface area contributed by atoms with Gasteiger partial charge in [0.1, 0.15) is 0 Å². The molecule has 0 saturated carbocycles. The number of hydrogen-bond donors (Lipinski definition) is 1. The molecule has 0 saturated heterocycles. The smallest absolute Gasteiger partial charge is 0.222 e. The van der Waals surface area contributed by atoms with Crippen molar-refractivity contribution in [1.82, 2.24) is 24.9 Å². The molecule has 6 nitrogen and oxygen atoms in total. The van der Waals surface area contributed by atoms with Gasteiger partial charge >= 0.3 is 0 Å². The van der Waals surface area contributed by atoms with Crippen LogP contribution in [0.1, 0.15) is 43.3 Å². The molecule has 7 heteroatoms. The molecule has 0 aliphatic carbocycles. The van der Waals surface area contributed by atoms with E-state index in [0.717, 1.165) is 28.0 Å². The first-order chi connectivity index (χ1) is 10.4. The van der Waals surface area contributed by atoms with Crippen LogP contribution in [0.2, 0.25) is 0 Å².